The highest BCUT2D eigenvalue weighted by Crippen LogP contribution is 1.98. The van der Waals surface area contributed by atoms with Crippen LogP contribution in [0.3, 0.4) is 0 Å². The molecule has 0 aromatic carbocycles. The van der Waals surface area contributed by atoms with Crippen molar-refractivity contribution in [2.45, 2.75) is 45.6 Å². The maximum absolute atomic E-state index is 10.8. The summed E-state index contributed by atoms with van der Waals surface area (Å²) in [5.74, 6) is 0. The Bertz CT molecular complexity index is 86.7. The van der Waals surface area contributed by atoms with Gasteiger partial charge >= 0.3 is 0 Å². The van der Waals surface area contributed by atoms with E-state index in [1.807, 2.05) is 13.0 Å². The standard InChI is InChI=1S/C9H17O/c1-3-5-6-7-8-9(10)4-2/h7-9H,3-6H2,1-2H3/b8-7+. The molecule has 0 spiro atoms. The van der Waals surface area contributed by atoms with Crippen LogP contribution >= 0.6 is 0 Å². The van der Waals surface area contributed by atoms with Gasteiger partial charge in [0.1, 0.15) is 6.10 Å². The summed E-state index contributed by atoms with van der Waals surface area (Å²) >= 11 is 0. The van der Waals surface area contributed by atoms with Crippen molar-refractivity contribution in [3.63, 3.8) is 0 Å². The lowest BCUT2D eigenvalue weighted by Gasteiger charge is -1.94. The van der Waals surface area contributed by atoms with E-state index in [4.69, 9.17) is 0 Å². The van der Waals surface area contributed by atoms with Gasteiger partial charge in [-0.25, -0.2) is 5.11 Å². The number of rotatable bonds is 5. The van der Waals surface area contributed by atoms with Crippen LogP contribution in [0.5, 0.6) is 0 Å². The van der Waals surface area contributed by atoms with Crippen LogP contribution in [0.15, 0.2) is 12.2 Å². The third-order valence-corrected chi connectivity index (χ3v) is 1.48. The molecular formula is C9H17O. The summed E-state index contributed by atoms with van der Waals surface area (Å²) in [5, 5.41) is 10.8. The van der Waals surface area contributed by atoms with Crippen molar-refractivity contribution in [1.29, 1.82) is 0 Å². The molecule has 1 unspecified atom stereocenters. The quantitative estimate of drug-likeness (QED) is 0.414. The van der Waals surface area contributed by atoms with Crippen LogP contribution in [0, 0.1) is 0 Å². The largest absolute Gasteiger partial charge is 0.229 e. The van der Waals surface area contributed by atoms with Gasteiger partial charge in [-0.15, -0.1) is 0 Å². The summed E-state index contributed by atoms with van der Waals surface area (Å²) in [7, 11) is 0. The fraction of sp³-hybridized carbons (Fsp3) is 0.778. The minimum absolute atomic E-state index is 0.475. The Hall–Kier alpha value is -0.300. The average Bonchev–Trinajstić information content (AvgIpc) is 1.98. The van der Waals surface area contributed by atoms with Gasteiger partial charge in [-0.1, -0.05) is 38.8 Å². The first-order valence-electron chi connectivity index (χ1n) is 4.13. The Kier molecular flexibility index (Phi) is 6.61. The van der Waals surface area contributed by atoms with Gasteiger partial charge in [-0.3, -0.25) is 0 Å². The summed E-state index contributed by atoms with van der Waals surface area (Å²) in [6.07, 6.45) is 7.49. The van der Waals surface area contributed by atoms with Gasteiger partial charge in [0.05, 0.1) is 0 Å². The lowest BCUT2D eigenvalue weighted by molar-refractivity contribution is 0.126. The van der Waals surface area contributed by atoms with Crippen molar-refractivity contribution in [3.8, 4) is 0 Å². The van der Waals surface area contributed by atoms with E-state index in [9.17, 15) is 5.11 Å². The van der Waals surface area contributed by atoms with Gasteiger partial charge in [0.15, 0.2) is 0 Å². The summed E-state index contributed by atoms with van der Waals surface area (Å²) in [6.45, 7) is 4.07. The monoisotopic (exact) mass is 141 g/mol. The maximum atomic E-state index is 10.8. The second-order valence-electron chi connectivity index (χ2n) is 2.52. The third-order valence-electron chi connectivity index (χ3n) is 1.48. The van der Waals surface area contributed by atoms with Crippen LogP contribution in [0.1, 0.15) is 39.5 Å². The summed E-state index contributed by atoms with van der Waals surface area (Å²) in [4.78, 5) is 0. The highest BCUT2D eigenvalue weighted by Gasteiger charge is 1.92. The minimum atomic E-state index is -0.475. The zero-order chi connectivity index (χ0) is 7.82. The van der Waals surface area contributed by atoms with Gasteiger partial charge in [-0.05, 0) is 12.8 Å². The molecule has 10 heavy (non-hydrogen) atoms. The number of unbranched alkanes of at least 4 members (excludes halogenated alkanes) is 2. The summed E-state index contributed by atoms with van der Waals surface area (Å²) in [6, 6.07) is 0. The van der Waals surface area contributed by atoms with Crippen molar-refractivity contribution in [2.24, 2.45) is 0 Å². The van der Waals surface area contributed by atoms with Crippen molar-refractivity contribution in [3.05, 3.63) is 12.2 Å². The Balaban J connectivity index is 3.18. The van der Waals surface area contributed by atoms with Crippen LogP contribution in [0.4, 0.5) is 0 Å². The molecule has 0 heterocycles. The molecule has 0 aromatic rings. The van der Waals surface area contributed by atoms with Gasteiger partial charge in [0, 0.05) is 0 Å². The van der Waals surface area contributed by atoms with Gasteiger partial charge in [0.2, 0.25) is 0 Å². The van der Waals surface area contributed by atoms with E-state index in [2.05, 4.69) is 6.92 Å². The molecule has 1 heteroatoms. The lowest BCUT2D eigenvalue weighted by atomic mass is 10.2. The third kappa shape index (κ3) is 5.83. The molecule has 0 aromatic heterocycles. The zero-order valence-electron chi connectivity index (χ0n) is 6.97. The van der Waals surface area contributed by atoms with Crippen molar-refractivity contribution in [2.75, 3.05) is 0 Å². The van der Waals surface area contributed by atoms with E-state index in [1.54, 1.807) is 6.08 Å². The highest BCUT2D eigenvalue weighted by molar-refractivity contribution is 4.87. The molecule has 0 rings (SSSR count). The van der Waals surface area contributed by atoms with Crippen LogP contribution in [-0.2, 0) is 5.11 Å². The normalized spacial score (nSPS) is 14.3. The molecule has 59 valence electrons. The molecule has 0 amide bonds. The van der Waals surface area contributed by atoms with Crippen molar-refractivity contribution < 1.29 is 5.11 Å². The van der Waals surface area contributed by atoms with Gasteiger partial charge < -0.3 is 0 Å². The second kappa shape index (κ2) is 6.81. The first kappa shape index (κ1) is 9.70. The van der Waals surface area contributed by atoms with Crippen LogP contribution < -0.4 is 0 Å². The molecule has 1 nitrogen and oxygen atoms in total. The van der Waals surface area contributed by atoms with Crippen molar-refractivity contribution in [1.82, 2.24) is 0 Å². The van der Waals surface area contributed by atoms with Crippen LogP contribution in [0.25, 0.3) is 0 Å². The molecule has 0 aliphatic heterocycles. The molecule has 1 radical (unpaired) electrons. The number of hydrogen-bond acceptors (Lipinski definition) is 0. The summed E-state index contributed by atoms with van der Waals surface area (Å²) in [5.41, 5.74) is 0. The van der Waals surface area contributed by atoms with E-state index in [-0.39, 0.29) is 0 Å². The Morgan fingerprint density at radius 2 is 2.10 bits per heavy atom. The first-order valence-corrected chi connectivity index (χ1v) is 4.13. The van der Waals surface area contributed by atoms with Crippen LogP contribution in [0.2, 0.25) is 0 Å². The maximum Gasteiger partial charge on any atom is 0.111 e. The topological polar surface area (TPSA) is 19.9 Å². The molecule has 0 bridgehead atoms. The molecule has 0 N–H and O–H groups in total. The molecular weight excluding hydrogens is 124 g/mol. The zero-order valence-corrected chi connectivity index (χ0v) is 6.97. The molecule has 0 aliphatic carbocycles. The predicted octanol–water partition coefficient (Wildman–Crippen LogP) is 2.94. The Morgan fingerprint density at radius 1 is 1.40 bits per heavy atom. The van der Waals surface area contributed by atoms with E-state index in [1.165, 1.54) is 12.8 Å². The van der Waals surface area contributed by atoms with Gasteiger partial charge in [0.25, 0.3) is 0 Å². The number of allylic oxidation sites excluding steroid dienone is 1. The summed E-state index contributed by atoms with van der Waals surface area (Å²) < 4.78 is 0. The predicted molar refractivity (Wildman–Crippen MR) is 43.4 cm³/mol. The minimum Gasteiger partial charge on any atom is -0.229 e. The second-order valence-corrected chi connectivity index (χ2v) is 2.52. The SMILES string of the molecule is CCCC/C=C/C([O])CC. The van der Waals surface area contributed by atoms with Gasteiger partial charge in [-0.2, -0.15) is 0 Å². The Morgan fingerprint density at radius 3 is 2.60 bits per heavy atom. The first-order chi connectivity index (χ1) is 4.81. The molecule has 0 aliphatic rings. The van der Waals surface area contributed by atoms with Crippen molar-refractivity contribution >= 4 is 0 Å². The van der Waals surface area contributed by atoms with Crippen LogP contribution in [-0.4, -0.2) is 6.10 Å². The average molecular weight is 141 g/mol. The van der Waals surface area contributed by atoms with E-state index >= 15 is 0 Å². The molecule has 0 saturated carbocycles. The molecule has 1 atom stereocenters. The van der Waals surface area contributed by atoms with E-state index in [0.717, 1.165) is 6.42 Å². The highest BCUT2D eigenvalue weighted by atomic mass is 16.3. The smallest absolute Gasteiger partial charge is 0.111 e. The Labute approximate surface area is 63.8 Å². The molecule has 0 saturated heterocycles. The fourth-order valence-electron chi connectivity index (χ4n) is 0.706. The van der Waals surface area contributed by atoms with E-state index < -0.39 is 6.10 Å². The molecule has 0 fully saturated rings. The van der Waals surface area contributed by atoms with E-state index in [0.29, 0.717) is 6.42 Å². The number of hydrogen-bond donors (Lipinski definition) is 0. The lowest BCUT2D eigenvalue weighted by Crippen LogP contribution is -1.95. The fourth-order valence-corrected chi connectivity index (χ4v) is 0.706.